The van der Waals surface area contributed by atoms with E-state index in [1.54, 1.807) is 0 Å². The van der Waals surface area contributed by atoms with Gasteiger partial charge < -0.3 is 5.32 Å². The molecule has 2 heterocycles. The summed E-state index contributed by atoms with van der Waals surface area (Å²) in [6, 6.07) is 6.85. The summed E-state index contributed by atoms with van der Waals surface area (Å²) in [4.78, 5) is 4.31. The minimum absolute atomic E-state index is 0.617. The maximum atomic E-state index is 4.31. The number of aromatic nitrogens is 2. The summed E-state index contributed by atoms with van der Waals surface area (Å²) < 4.78 is 2.12. The number of anilines is 1. The van der Waals surface area contributed by atoms with E-state index in [-0.39, 0.29) is 0 Å². The van der Waals surface area contributed by atoms with Gasteiger partial charge in [-0.15, -0.1) is 0 Å². The van der Waals surface area contributed by atoms with E-state index in [1.165, 1.54) is 31.5 Å². The topological polar surface area (TPSA) is 29.3 Å². The van der Waals surface area contributed by atoms with Crippen molar-refractivity contribution in [1.29, 1.82) is 0 Å². The number of imidazole rings is 1. The second-order valence-electron chi connectivity index (χ2n) is 5.18. The van der Waals surface area contributed by atoms with Gasteiger partial charge in [-0.05, 0) is 30.9 Å². The normalized spacial score (nSPS) is 25.0. The van der Waals surface area contributed by atoms with E-state index < -0.39 is 0 Å². The summed E-state index contributed by atoms with van der Waals surface area (Å²) in [6.45, 7) is 2.35. The number of hydrogen-bond donors (Lipinski definition) is 1. The molecule has 2 atom stereocenters. The Labute approximate surface area is 102 Å². The fourth-order valence-electron chi connectivity index (χ4n) is 2.84. The molecule has 0 spiro atoms. The second kappa shape index (κ2) is 4.40. The highest BCUT2D eigenvalue weighted by Crippen LogP contribution is 2.26. The van der Waals surface area contributed by atoms with Crippen molar-refractivity contribution in [1.82, 2.24) is 9.38 Å². The molecule has 1 fully saturated rings. The van der Waals surface area contributed by atoms with Crippen LogP contribution in [0, 0.1) is 5.92 Å². The smallest absolute Gasteiger partial charge is 0.138 e. The highest BCUT2D eigenvalue weighted by atomic mass is 15.1. The Balaban J connectivity index is 1.82. The van der Waals surface area contributed by atoms with E-state index in [9.17, 15) is 0 Å². The van der Waals surface area contributed by atoms with Gasteiger partial charge in [0.15, 0.2) is 0 Å². The second-order valence-corrected chi connectivity index (χ2v) is 5.18. The molecule has 0 bridgehead atoms. The predicted molar refractivity (Wildman–Crippen MR) is 70.2 cm³/mol. The first-order valence-electron chi connectivity index (χ1n) is 6.51. The first-order chi connectivity index (χ1) is 8.33. The molecule has 1 aliphatic carbocycles. The molecule has 0 aromatic carbocycles. The van der Waals surface area contributed by atoms with Crippen LogP contribution in [-0.4, -0.2) is 15.4 Å². The van der Waals surface area contributed by atoms with Crippen LogP contribution in [0.3, 0.4) is 0 Å². The van der Waals surface area contributed by atoms with Crippen LogP contribution in [0.25, 0.3) is 5.65 Å². The maximum absolute atomic E-state index is 4.31. The van der Waals surface area contributed by atoms with Crippen molar-refractivity contribution in [2.45, 2.75) is 38.6 Å². The van der Waals surface area contributed by atoms with Crippen molar-refractivity contribution >= 4 is 11.5 Å². The van der Waals surface area contributed by atoms with Gasteiger partial charge in [0.1, 0.15) is 11.5 Å². The Bertz CT molecular complexity index is 503. The number of rotatable bonds is 2. The van der Waals surface area contributed by atoms with Crippen LogP contribution in [0.2, 0.25) is 0 Å². The van der Waals surface area contributed by atoms with E-state index >= 15 is 0 Å². The lowest BCUT2D eigenvalue weighted by Gasteiger charge is -2.28. The number of pyridine rings is 1. The fraction of sp³-hybridized carbons (Fsp3) is 0.500. The highest BCUT2D eigenvalue weighted by molar-refractivity contribution is 5.50. The summed E-state index contributed by atoms with van der Waals surface area (Å²) in [7, 11) is 0. The Morgan fingerprint density at radius 2 is 2.29 bits per heavy atom. The molecule has 0 radical (unpaired) electrons. The minimum Gasteiger partial charge on any atom is -0.368 e. The van der Waals surface area contributed by atoms with Crippen molar-refractivity contribution < 1.29 is 0 Å². The number of hydrogen-bond acceptors (Lipinski definition) is 2. The minimum atomic E-state index is 0.617. The lowest BCUT2D eigenvalue weighted by molar-refractivity contribution is 0.358. The third-order valence-electron chi connectivity index (χ3n) is 3.72. The number of nitrogens with one attached hydrogen (secondary N) is 1. The summed E-state index contributed by atoms with van der Waals surface area (Å²) in [5.74, 6) is 2.02. The summed E-state index contributed by atoms with van der Waals surface area (Å²) in [5, 5.41) is 3.66. The van der Waals surface area contributed by atoms with E-state index in [4.69, 9.17) is 0 Å². The first-order valence-corrected chi connectivity index (χ1v) is 6.51. The third kappa shape index (κ3) is 2.14. The Morgan fingerprint density at radius 3 is 3.18 bits per heavy atom. The third-order valence-corrected chi connectivity index (χ3v) is 3.72. The zero-order valence-corrected chi connectivity index (χ0v) is 10.3. The van der Waals surface area contributed by atoms with Crippen LogP contribution in [0.4, 0.5) is 5.82 Å². The van der Waals surface area contributed by atoms with Crippen molar-refractivity contribution in [3.8, 4) is 0 Å². The average molecular weight is 229 g/mol. The zero-order chi connectivity index (χ0) is 11.7. The molecule has 17 heavy (non-hydrogen) atoms. The van der Waals surface area contributed by atoms with Gasteiger partial charge in [-0.25, -0.2) is 4.98 Å². The lowest BCUT2D eigenvalue weighted by Crippen LogP contribution is -2.27. The van der Waals surface area contributed by atoms with Crippen LogP contribution >= 0.6 is 0 Å². The van der Waals surface area contributed by atoms with Gasteiger partial charge in [-0.1, -0.05) is 25.8 Å². The average Bonchev–Trinajstić information content (AvgIpc) is 2.78. The lowest BCUT2D eigenvalue weighted by atomic mass is 9.87. The van der Waals surface area contributed by atoms with Crippen molar-refractivity contribution in [2.24, 2.45) is 5.92 Å². The van der Waals surface area contributed by atoms with Gasteiger partial charge in [0, 0.05) is 18.4 Å². The summed E-state index contributed by atoms with van der Waals surface area (Å²) in [6.07, 6.45) is 9.17. The van der Waals surface area contributed by atoms with E-state index in [0.717, 1.165) is 11.6 Å². The zero-order valence-electron chi connectivity index (χ0n) is 10.3. The molecule has 1 N–H and O–H groups in total. The molecule has 2 unspecified atom stereocenters. The summed E-state index contributed by atoms with van der Waals surface area (Å²) >= 11 is 0. The van der Waals surface area contributed by atoms with Crippen LogP contribution in [-0.2, 0) is 0 Å². The maximum Gasteiger partial charge on any atom is 0.138 e. The first kappa shape index (κ1) is 10.6. The van der Waals surface area contributed by atoms with Crippen molar-refractivity contribution in [2.75, 3.05) is 5.32 Å². The van der Waals surface area contributed by atoms with E-state index in [1.807, 2.05) is 18.5 Å². The number of nitrogens with zero attached hydrogens (tertiary/aromatic N) is 2. The standard InChI is InChI=1S/C14H19N3/c1-11-4-2-5-12(10-11)16-14-7-3-6-13-15-8-9-17(13)14/h3,6-9,11-12,16H,2,4-5,10H2,1H3. The van der Waals surface area contributed by atoms with Gasteiger partial charge in [0.05, 0.1) is 0 Å². The molecule has 1 saturated carbocycles. The molecule has 0 amide bonds. The molecule has 1 aliphatic rings. The fourth-order valence-corrected chi connectivity index (χ4v) is 2.84. The van der Waals surface area contributed by atoms with Gasteiger partial charge in [0.25, 0.3) is 0 Å². The van der Waals surface area contributed by atoms with Crippen LogP contribution < -0.4 is 5.32 Å². The highest BCUT2D eigenvalue weighted by Gasteiger charge is 2.19. The SMILES string of the molecule is CC1CCCC(Nc2cccc3nccn23)C1. The molecule has 3 heteroatoms. The molecule has 0 saturated heterocycles. The molecule has 3 rings (SSSR count). The molecule has 90 valence electrons. The molecule has 2 aromatic heterocycles. The molecule has 3 nitrogen and oxygen atoms in total. The Hall–Kier alpha value is -1.51. The van der Waals surface area contributed by atoms with Gasteiger partial charge >= 0.3 is 0 Å². The molecule has 2 aromatic rings. The van der Waals surface area contributed by atoms with Crippen molar-refractivity contribution in [3.05, 3.63) is 30.6 Å². The Kier molecular flexibility index (Phi) is 2.75. The van der Waals surface area contributed by atoms with Gasteiger partial charge in [-0.3, -0.25) is 4.40 Å². The Morgan fingerprint density at radius 1 is 1.35 bits per heavy atom. The van der Waals surface area contributed by atoms with Crippen molar-refractivity contribution in [3.63, 3.8) is 0 Å². The quantitative estimate of drug-likeness (QED) is 0.856. The van der Waals surface area contributed by atoms with Crippen LogP contribution in [0.1, 0.15) is 32.6 Å². The predicted octanol–water partition coefficient (Wildman–Crippen LogP) is 3.32. The monoisotopic (exact) mass is 229 g/mol. The van der Waals surface area contributed by atoms with E-state index in [0.29, 0.717) is 6.04 Å². The summed E-state index contributed by atoms with van der Waals surface area (Å²) in [5.41, 5.74) is 1.01. The molecular weight excluding hydrogens is 210 g/mol. The van der Waals surface area contributed by atoms with E-state index in [2.05, 4.69) is 33.8 Å². The van der Waals surface area contributed by atoms with Crippen LogP contribution in [0.15, 0.2) is 30.6 Å². The van der Waals surface area contributed by atoms with Gasteiger partial charge in [-0.2, -0.15) is 0 Å². The largest absolute Gasteiger partial charge is 0.368 e. The van der Waals surface area contributed by atoms with Gasteiger partial charge in [0.2, 0.25) is 0 Å². The van der Waals surface area contributed by atoms with Crippen LogP contribution in [0.5, 0.6) is 0 Å². The molecular formula is C14H19N3. The molecule has 0 aliphatic heterocycles. The number of fused-ring (bicyclic) bond motifs is 1.